The number of hydrogen-bond acceptors (Lipinski definition) is 8. The van der Waals surface area contributed by atoms with Crippen molar-refractivity contribution in [1.29, 1.82) is 0 Å². The predicted octanol–water partition coefficient (Wildman–Crippen LogP) is 3.44. The number of carbonyl (C=O) groups excluding carboxylic acids is 2. The molecule has 0 aliphatic rings. The van der Waals surface area contributed by atoms with Crippen LogP contribution in [-0.2, 0) is 11.3 Å². The van der Waals surface area contributed by atoms with Crippen molar-refractivity contribution in [3.63, 3.8) is 0 Å². The summed E-state index contributed by atoms with van der Waals surface area (Å²) in [6, 6.07) is 10.4. The fourth-order valence-corrected chi connectivity index (χ4v) is 3.96. The standard InChI is InChI=1S/C22H24N6O5S/c1-4-27-20(14(3)23-21(31)15-7-5-13(2)6-8-15)25-26-22(27)34-12-19(30)24-16-9-10-18(29)17(11-16)28(32)33/h5-11,14,29H,4,12H2,1-3H3,(H,23,31)(H,24,30)/t14-/m1/s1. The number of anilines is 1. The Balaban J connectivity index is 1.63. The molecule has 11 nitrogen and oxygen atoms in total. The minimum absolute atomic E-state index is 0.0170. The summed E-state index contributed by atoms with van der Waals surface area (Å²) in [5.41, 5.74) is 1.30. The van der Waals surface area contributed by atoms with Gasteiger partial charge in [-0.1, -0.05) is 29.5 Å². The zero-order chi connectivity index (χ0) is 24.8. The van der Waals surface area contributed by atoms with Gasteiger partial charge in [-0.05, 0) is 45.0 Å². The summed E-state index contributed by atoms with van der Waals surface area (Å²) in [7, 11) is 0. The Morgan fingerprint density at radius 1 is 1.21 bits per heavy atom. The number of hydrogen-bond donors (Lipinski definition) is 3. The summed E-state index contributed by atoms with van der Waals surface area (Å²) in [5.74, 6) is -0.575. The Bertz CT molecular complexity index is 1210. The first kappa shape index (κ1) is 24.7. The molecule has 1 atom stereocenters. The molecule has 0 saturated heterocycles. The van der Waals surface area contributed by atoms with Crippen LogP contribution in [0.4, 0.5) is 11.4 Å². The third-order valence-corrected chi connectivity index (χ3v) is 5.87. The van der Waals surface area contributed by atoms with Gasteiger partial charge >= 0.3 is 5.69 Å². The summed E-state index contributed by atoms with van der Waals surface area (Å²) in [6.45, 7) is 6.19. The van der Waals surface area contributed by atoms with E-state index in [-0.39, 0.29) is 17.3 Å². The Kier molecular flexibility index (Phi) is 7.84. The molecule has 2 aromatic carbocycles. The van der Waals surface area contributed by atoms with Crippen molar-refractivity contribution in [3.8, 4) is 5.75 Å². The Morgan fingerprint density at radius 2 is 1.91 bits per heavy atom. The molecule has 0 aliphatic carbocycles. The lowest BCUT2D eigenvalue weighted by molar-refractivity contribution is -0.385. The predicted molar refractivity (Wildman–Crippen MR) is 127 cm³/mol. The fourth-order valence-electron chi connectivity index (χ4n) is 3.15. The van der Waals surface area contributed by atoms with E-state index in [1.54, 1.807) is 19.1 Å². The Morgan fingerprint density at radius 3 is 2.56 bits per heavy atom. The van der Waals surface area contributed by atoms with Crippen molar-refractivity contribution in [3.05, 3.63) is 69.5 Å². The van der Waals surface area contributed by atoms with Gasteiger partial charge in [-0.3, -0.25) is 19.7 Å². The molecule has 3 N–H and O–H groups in total. The van der Waals surface area contributed by atoms with Crippen molar-refractivity contribution >= 4 is 35.0 Å². The maximum absolute atomic E-state index is 12.5. The number of thioether (sulfide) groups is 1. The van der Waals surface area contributed by atoms with Crippen molar-refractivity contribution in [2.75, 3.05) is 11.1 Å². The van der Waals surface area contributed by atoms with Crippen LogP contribution in [0.15, 0.2) is 47.6 Å². The molecule has 1 aromatic heterocycles. The molecule has 3 rings (SSSR count). The zero-order valence-electron chi connectivity index (χ0n) is 18.8. The SMILES string of the molecule is CCn1c(SCC(=O)Nc2ccc(O)c([N+](=O)[O-])c2)nnc1[C@@H](C)NC(=O)c1ccc(C)cc1. The number of nitrogens with one attached hydrogen (secondary N) is 2. The molecule has 34 heavy (non-hydrogen) atoms. The highest BCUT2D eigenvalue weighted by atomic mass is 32.2. The van der Waals surface area contributed by atoms with E-state index in [0.717, 1.165) is 29.5 Å². The molecule has 0 unspecified atom stereocenters. The van der Waals surface area contributed by atoms with E-state index in [1.807, 2.05) is 30.5 Å². The molecule has 0 saturated carbocycles. The molecule has 0 bridgehead atoms. The van der Waals surface area contributed by atoms with Crippen LogP contribution in [0.1, 0.15) is 41.6 Å². The maximum atomic E-state index is 12.5. The number of amides is 2. The molecule has 0 spiro atoms. The average molecular weight is 485 g/mol. The van der Waals surface area contributed by atoms with Gasteiger partial charge in [0.25, 0.3) is 5.91 Å². The Labute approximate surface area is 199 Å². The monoisotopic (exact) mass is 484 g/mol. The molecule has 12 heteroatoms. The second-order valence-electron chi connectivity index (χ2n) is 7.44. The number of aryl methyl sites for hydroxylation is 1. The van der Waals surface area contributed by atoms with E-state index in [1.165, 1.54) is 6.07 Å². The van der Waals surface area contributed by atoms with Gasteiger partial charge in [0.15, 0.2) is 16.7 Å². The number of nitrogens with zero attached hydrogens (tertiary/aromatic N) is 4. The second-order valence-corrected chi connectivity index (χ2v) is 8.39. The third kappa shape index (κ3) is 5.90. The lowest BCUT2D eigenvalue weighted by Crippen LogP contribution is -2.28. The molecule has 2 amide bonds. The van der Waals surface area contributed by atoms with Crippen LogP contribution in [0.25, 0.3) is 0 Å². The van der Waals surface area contributed by atoms with E-state index in [4.69, 9.17) is 0 Å². The fraction of sp³-hybridized carbons (Fsp3) is 0.273. The van der Waals surface area contributed by atoms with Crippen LogP contribution in [-0.4, -0.2) is 42.4 Å². The van der Waals surface area contributed by atoms with Gasteiger partial charge in [-0.2, -0.15) is 0 Å². The van der Waals surface area contributed by atoms with E-state index in [9.17, 15) is 24.8 Å². The topological polar surface area (TPSA) is 152 Å². The van der Waals surface area contributed by atoms with Crippen LogP contribution >= 0.6 is 11.8 Å². The largest absolute Gasteiger partial charge is 0.502 e. The number of aromatic hydroxyl groups is 1. The van der Waals surface area contributed by atoms with E-state index >= 15 is 0 Å². The molecule has 1 heterocycles. The number of rotatable bonds is 9. The summed E-state index contributed by atoms with van der Waals surface area (Å²) in [5, 5.41) is 34.8. The maximum Gasteiger partial charge on any atom is 0.312 e. The number of nitro groups is 1. The van der Waals surface area contributed by atoms with Crippen LogP contribution in [0, 0.1) is 17.0 Å². The number of carbonyl (C=O) groups is 2. The zero-order valence-corrected chi connectivity index (χ0v) is 19.6. The highest BCUT2D eigenvalue weighted by molar-refractivity contribution is 7.99. The molecule has 178 valence electrons. The van der Waals surface area contributed by atoms with Crippen LogP contribution in [0.3, 0.4) is 0 Å². The van der Waals surface area contributed by atoms with Crippen molar-refractivity contribution in [2.24, 2.45) is 0 Å². The molecular weight excluding hydrogens is 460 g/mol. The molecular formula is C22H24N6O5S. The van der Waals surface area contributed by atoms with Crippen LogP contribution < -0.4 is 10.6 Å². The first-order valence-electron chi connectivity index (χ1n) is 10.4. The number of phenolic OH excluding ortho intramolecular Hbond substituents is 1. The summed E-state index contributed by atoms with van der Waals surface area (Å²) in [6.07, 6.45) is 0. The van der Waals surface area contributed by atoms with Crippen molar-refractivity contribution in [1.82, 2.24) is 20.1 Å². The quantitative estimate of drug-likeness (QED) is 0.181. The molecule has 0 aliphatic heterocycles. The van der Waals surface area contributed by atoms with Crippen molar-refractivity contribution in [2.45, 2.75) is 38.5 Å². The lowest BCUT2D eigenvalue weighted by Gasteiger charge is -2.15. The van der Waals surface area contributed by atoms with Gasteiger partial charge < -0.3 is 20.3 Å². The minimum Gasteiger partial charge on any atom is -0.502 e. The van der Waals surface area contributed by atoms with Gasteiger partial charge in [-0.15, -0.1) is 10.2 Å². The molecule has 0 radical (unpaired) electrons. The van der Waals surface area contributed by atoms with E-state index < -0.39 is 28.3 Å². The number of benzene rings is 2. The number of aromatic nitrogens is 3. The average Bonchev–Trinajstić information content (AvgIpc) is 3.22. The van der Waals surface area contributed by atoms with Crippen LogP contribution in [0.5, 0.6) is 5.75 Å². The molecule has 3 aromatic rings. The number of phenols is 1. The molecule has 0 fully saturated rings. The van der Waals surface area contributed by atoms with E-state index in [0.29, 0.717) is 23.1 Å². The van der Waals surface area contributed by atoms with Crippen molar-refractivity contribution < 1.29 is 19.6 Å². The van der Waals surface area contributed by atoms with Gasteiger partial charge in [0.05, 0.1) is 16.7 Å². The van der Waals surface area contributed by atoms with E-state index in [2.05, 4.69) is 20.8 Å². The summed E-state index contributed by atoms with van der Waals surface area (Å²) < 4.78 is 1.81. The lowest BCUT2D eigenvalue weighted by atomic mass is 10.1. The Hall–Kier alpha value is -3.93. The summed E-state index contributed by atoms with van der Waals surface area (Å²) >= 11 is 1.15. The van der Waals surface area contributed by atoms with Gasteiger partial charge in [0, 0.05) is 23.9 Å². The van der Waals surface area contributed by atoms with Gasteiger partial charge in [-0.25, -0.2) is 0 Å². The third-order valence-electron chi connectivity index (χ3n) is 4.90. The normalized spacial score (nSPS) is 11.6. The smallest absolute Gasteiger partial charge is 0.312 e. The highest BCUT2D eigenvalue weighted by Gasteiger charge is 2.21. The van der Waals surface area contributed by atoms with Gasteiger partial charge in [0.2, 0.25) is 5.91 Å². The highest BCUT2D eigenvalue weighted by Crippen LogP contribution is 2.29. The first-order chi connectivity index (χ1) is 16.2. The van der Waals surface area contributed by atoms with Gasteiger partial charge in [0.1, 0.15) is 0 Å². The summed E-state index contributed by atoms with van der Waals surface area (Å²) in [4.78, 5) is 35.1. The number of nitro benzene ring substituents is 1. The first-order valence-corrected chi connectivity index (χ1v) is 11.4. The minimum atomic E-state index is -0.732. The second kappa shape index (κ2) is 10.8. The van der Waals surface area contributed by atoms with Crippen LogP contribution in [0.2, 0.25) is 0 Å².